The Morgan fingerprint density at radius 3 is 2.61 bits per heavy atom. The molecule has 38 heavy (non-hydrogen) atoms. The molecule has 6 rings (SSSR count). The van der Waals surface area contributed by atoms with Crippen molar-refractivity contribution in [2.45, 2.75) is 74.8 Å². The molecule has 0 atom stereocenters. The summed E-state index contributed by atoms with van der Waals surface area (Å²) in [6.07, 6.45) is 4.06. The number of nitrogens with zero attached hydrogens (tertiary/aromatic N) is 5. The molecule has 0 amide bonds. The number of carbonyl (C=O) groups excluding carboxylic acids is 1. The molecule has 3 aromatic heterocycles. The Morgan fingerprint density at radius 1 is 1.29 bits per heavy atom. The third-order valence-corrected chi connectivity index (χ3v) is 9.94. The first-order valence-electron chi connectivity index (χ1n) is 12.7. The van der Waals surface area contributed by atoms with E-state index >= 15 is 0 Å². The minimum absolute atomic E-state index is 0.00841. The summed E-state index contributed by atoms with van der Waals surface area (Å²) in [5, 5.41) is 11.7. The average Bonchev–Trinajstić information content (AvgIpc) is 3.77. The van der Waals surface area contributed by atoms with E-state index < -0.39 is 20.9 Å². The Bertz CT molecular complexity index is 1310. The van der Waals surface area contributed by atoms with Gasteiger partial charge in [0, 0.05) is 0 Å². The van der Waals surface area contributed by atoms with E-state index in [2.05, 4.69) is 67.3 Å². The average molecular weight is 613 g/mol. The predicted octanol–water partition coefficient (Wildman–Crippen LogP) is 3.79. The summed E-state index contributed by atoms with van der Waals surface area (Å²) in [5.41, 5.74) is 4.04. The zero-order valence-corrected chi connectivity index (χ0v) is 24.5. The molecule has 2 saturated carbocycles. The van der Waals surface area contributed by atoms with Crippen molar-refractivity contribution >= 4 is 44.3 Å². The first-order valence-corrected chi connectivity index (χ1v) is 15.2. The number of hydrogen-bond donors (Lipinski definition) is 2. The number of piperazine rings is 1. The SMILES string of the molecule is CC1(C)CN(c2cc(SNC3(C)CC3)cn3c(-c4nnc(C(F)F)[se]4)c(C4CC4)nc23)CCN1.COC=O. The van der Waals surface area contributed by atoms with Gasteiger partial charge in [-0.1, -0.05) is 0 Å². The topological polar surface area (TPSA) is 96.7 Å². The number of carbonyl (C=O) groups is 1. The maximum atomic E-state index is 13.4. The van der Waals surface area contributed by atoms with Crippen molar-refractivity contribution in [2.24, 2.45) is 0 Å². The van der Waals surface area contributed by atoms with Gasteiger partial charge in [-0.15, -0.1) is 0 Å². The van der Waals surface area contributed by atoms with Crippen LogP contribution in [0.4, 0.5) is 14.5 Å². The van der Waals surface area contributed by atoms with Gasteiger partial charge in [0.1, 0.15) is 0 Å². The Morgan fingerprint density at radius 2 is 2.03 bits per heavy atom. The van der Waals surface area contributed by atoms with Gasteiger partial charge in [-0.25, -0.2) is 0 Å². The number of pyridine rings is 1. The maximum Gasteiger partial charge on any atom is 0.292 e. The zero-order valence-electron chi connectivity index (χ0n) is 22.0. The van der Waals surface area contributed by atoms with Gasteiger partial charge >= 0.3 is 208 Å². The fourth-order valence-corrected chi connectivity index (χ4v) is 6.97. The van der Waals surface area contributed by atoms with E-state index in [1.807, 2.05) is 0 Å². The number of nitrogens with one attached hydrogen (secondary N) is 2. The van der Waals surface area contributed by atoms with Gasteiger partial charge in [-0.2, -0.15) is 0 Å². The molecule has 1 aliphatic heterocycles. The third kappa shape index (κ3) is 6.07. The van der Waals surface area contributed by atoms with Crippen molar-refractivity contribution in [2.75, 3.05) is 31.6 Å². The van der Waals surface area contributed by atoms with E-state index in [-0.39, 0.29) is 15.6 Å². The number of aromatic nitrogens is 4. The molecular formula is C25H33F2N7O2SSe. The molecule has 3 fully saturated rings. The summed E-state index contributed by atoms with van der Waals surface area (Å²) in [7, 11) is 1.31. The number of fused-ring (bicyclic) bond motifs is 1. The molecule has 4 heterocycles. The predicted molar refractivity (Wildman–Crippen MR) is 144 cm³/mol. The number of methoxy groups -OCH3 is 1. The zero-order chi connectivity index (χ0) is 27.1. The van der Waals surface area contributed by atoms with Crippen molar-refractivity contribution in [3.63, 3.8) is 0 Å². The van der Waals surface area contributed by atoms with E-state index in [1.165, 1.54) is 20.0 Å². The fraction of sp³-hybridized carbons (Fsp3) is 0.600. The van der Waals surface area contributed by atoms with Gasteiger partial charge in [-0.3, -0.25) is 4.79 Å². The molecule has 3 aromatic rings. The molecule has 3 aliphatic rings. The van der Waals surface area contributed by atoms with Gasteiger partial charge in [-0.05, 0) is 0 Å². The number of hydrogen-bond acceptors (Lipinski definition) is 9. The Hall–Kier alpha value is -2.05. The first kappa shape index (κ1) is 27.5. The van der Waals surface area contributed by atoms with Crippen LogP contribution in [0, 0.1) is 0 Å². The van der Waals surface area contributed by atoms with Crippen molar-refractivity contribution in [1.29, 1.82) is 0 Å². The van der Waals surface area contributed by atoms with E-state index in [4.69, 9.17) is 9.78 Å². The minimum Gasteiger partial charge on any atom is -0.471 e. The quantitative estimate of drug-likeness (QED) is 0.224. The standard InChI is InChI=1S/C23H29F2N7SSe.C2H4O2/c1-22(2)12-31(9-8-26-22)15-10-14(33-30-23(3)6-7-23)11-32-17(16(13-4-5-13)27-19(15)32)20-28-29-21(34-20)18(24)25;1-4-2-3/h10-11,13,18,26,30H,4-9,12H2,1-3H3;2H,1H3. The van der Waals surface area contributed by atoms with Crippen LogP contribution in [-0.4, -0.2) is 78.4 Å². The second-order valence-corrected chi connectivity index (χ2v) is 13.9. The van der Waals surface area contributed by atoms with Crippen molar-refractivity contribution in [1.82, 2.24) is 29.6 Å². The molecule has 9 nitrogen and oxygen atoms in total. The molecule has 13 heteroatoms. The van der Waals surface area contributed by atoms with E-state index in [9.17, 15) is 8.78 Å². The number of halogens is 2. The summed E-state index contributed by atoms with van der Waals surface area (Å²) in [6.45, 7) is 9.71. The second-order valence-electron chi connectivity index (χ2n) is 10.9. The van der Waals surface area contributed by atoms with Gasteiger partial charge in [0.2, 0.25) is 0 Å². The fourth-order valence-electron chi connectivity index (χ4n) is 4.50. The summed E-state index contributed by atoms with van der Waals surface area (Å²) in [5.74, 6) is 0.371. The third-order valence-electron chi connectivity index (χ3n) is 6.92. The number of imidazole rings is 1. The summed E-state index contributed by atoms with van der Waals surface area (Å²) >= 11 is 1.06. The van der Waals surface area contributed by atoms with Crippen LogP contribution in [0.1, 0.15) is 69.1 Å². The van der Waals surface area contributed by atoms with Gasteiger partial charge in [0.15, 0.2) is 0 Å². The Balaban J connectivity index is 0.000000689. The number of ether oxygens (including phenoxy) is 1. The number of alkyl halides is 2. The van der Waals surface area contributed by atoms with Crippen LogP contribution in [0.5, 0.6) is 0 Å². The molecule has 2 N–H and O–H groups in total. The molecular weight excluding hydrogens is 579 g/mol. The number of anilines is 1. The summed E-state index contributed by atoms with van der Waals surface area (Å²) < 4.78 is 36.9. The minimum atomic E-state index is -2.56. The molecule has 0 aromatic carbocycles. The van der Waals surface area contributed by atoms with Crippen LogP contribution in [-0.2, 0) is 9.53 Å². The van der Waals surface area contributed by atoms with E-state index in [0.717, 1.165) is 60.1 Å². The molecule has 0 unspecified atom stereocenters. The van der Waals surface area contributed by atoms with E-state index in [1.54, 1.807) is 11.9 Å². The summed E-state index contributed by atoms with van der Waals surface area (Å²) in [6, 6.07) is 2.23. The molecule has 206 valence electrons. The van der Waals surface area contributed by atoms with Gasteiger partial charge < -0.3 is 4.74 Å². The van der Waals surface area contributed by atoms with Gasteiger partial charge in [0.25, 0.3) is 6.47 Å². The monoisotopic (exact) mass is 613 g/mol. The van der Waals surface area contributed by atoms with Crippen LogP contribution in [0.2, 0.25) is 0 Å². The Kier molecular flexibility index (Phi) is 7.85. The van der Waals surface area contributed by atoms with Crippen LogP contribution in [0.3, 0.4) is 0 Å². The molecule has 0 spiro atoms. The van der Waals surface area contributed by atoms with Crippen LogP contribution >= 0.6 is 11.9 Å². The smallest absolute Gasteiger partial charge is 0.292 e. The van der Waals surface area contributed by atoms with E-state index in [0.29, 0.717) is 17.0 Å². The Labute approximate surface area is 231 Å². The summed E-state index contributed by atoms with van der Waals surface area (Å²) in [4.78, 5) is 17.6. The van der Waals surface area contributed by atoms with Crippen LogP contribution < -0.4 is 14.9 Å². The normalized spacial score (nSPS) is 19.8. The second kappa shape index (κ2) is 10.8. The number of rotatable bonds is 8. The van der Waals surface area contributed by atoms with Crippen molar-refractivity contribution < 1.29 is 18.3 Å². The largest absolute Gasteiger partial charge is 0.471 e. The molecule has 0 radical (unpaired) electrons. The molecule has 1 saturated heterocycles. The van der Waals surface area contributed by atoms with Crippen LogP contribution in [0.25, 0.3) is 15.9 Å². The van der Waals surface area contributed by atoms with Crippen molar-refractivity contribution in [3.8, 4) is 10.3 Å². The first-order chi connectivity index (χ1) is 18.1. The van der Waals surface area contributed by atoms with Crippen molar-refractivity contribution in [3.05, 3.63) is 22.5 Å². The van der Waals surface area contributed by atoms with Gasteiger partial charge in [0.05, 0.1) is 7.11 Å². The molecule has 0 bridgehead atoms. The van der Waals surface area contributed by atoms with Crippen LogP contribution in [0.15, 0.2) is 17.2 Å². The molecule has 2 aliphatic carbocycles. The maximum absolute atomic E-state index is 13.4.